The van der Waals surface area contributed by atoms with Crippen LogP contribution in [0.4, 0.5) is 0 Å². The number of benzene rings is 1. The van der Waals surface area contributed by atoms with Gasteiger partial charge in [0.2, 0.25) is 11.8 Å². The summed E-state index contributed by atoms with van der Waals surface area (Å²) in [7, 11) is 1.78. The van der Waals surface area contributed by atoms with Gasteiger partial charge in [-0.25, -0.2) is 0 Å². The molecule has 0 aliphatic heterocycles. The van der Waals surface area contributed by atoms with Gasteiger partial charge in [0, 0.05) is 6.04 Å². The SMILES string of the molecule is CC(C)NC(=O)CN(C)CC(=O)NC(c1ccc(C(C)C)cc1)C(C)C. The van der Waals surface area contributed by atoms with Crippen LogP contribution in [0, 0.1) is 5.92 Å². The average Bonchev–Trinajstić information content (AvgIpc) is 2.51. The molecule has 1 atom stereocenters. The number of nitrogens with one attached hydrogen (secondary N) is 2. The maximum atomic E-state index is 12.4. The molecule has 0 radical (unpaired) electrons. The van der Waals surface area contributed by atoms with Crippen molar-refractivity contribution in [3.63, 3.8) is 0 Å². The van der Waals surface area contributed by atoms with Gasteiger partial charge in [0.25, 0.3) is 0 Å². The Morgan fingerprint density at radius 3 is 1.73 bits per heavy atom. The zero-order valence-corrected chi connectivity index (χ0v) is 17.3. The molecule has 0 spiro atoms. The lowest BCUT2D eigenvalue weighted by Gasteiger charge is -2.25. The first kappa shape index (κ1) is 22.2. The van der Waals surface area contributed by atoms with Crippen molar-refractivity contribution in [3.8, 4) is 0 Å². The molecular formula is C21H35N3O2. The molecular weight excluding hydrogens is 326 g/mol. The van der Waals surface area contributed by atoms with Gasteiger partial charge in [-0.2, -0.15) is 0 Å². The van der Waals surface area contributed by atoms with Crippen molar-refractivity contribution < 1.29 is 9.59 Å². The van der Waals surface area contributed by atoms with Crippen LogP contribution in [0.3, 0.4) is 0 Å². The second kappa shape index (κ2) is 10.3. The first-order chi connectivity index (χ1) is 12.1. The third kappa shape index (κ3) is 7.56. The normalized spacial score (nSPS) is 12.7. The summed E-state index contributed by atoms with van der Waals surface area (Å²) in [6.07, 6.45) is 0. The number of carbonyl (C=O) groups is 2. The topological polar surface area (TPSA) is 61.4 Å². The Morgan fingerprint density at radius 2 is 1.31 bits per heavy atom. The van der Waals surface area contributed by atoms with E-state index < -0.39 is 0 Å². The van der Waals surface area contributed by atoms with Crippen molar-refractivity contribution in [2.24, 2.45) is 5.92 Å². The Hall–Kier alpha value is -1.88. The molecule has 2 amide bonds. The molecule has 1 aromatic rings. The molecule has 5 nitrogen and oxygen atoms in total. The standard InChI is InChI=1S/C21H35N3O2/c1-14(2)17-8-10-18(11-9-17)21(15(3)4)23-20(26)13-24(7)12-19(25)22-16(5)6/h8-11,14-16,21H,12-13H2,1-7H3,(H,22,25)(H,23,26). The van der Waals surface area contributed by atoms with Crippen molar-refractivity contribution in [2.45, 2.75) is 59.5 Å². The number of rotatable bonds is 9. The summed E-state index contributed by atoms with van der Waals surface area (Å²) < 4.78 is 0. The van der Waals surface area contributed by atoms with Gasteiger partial charge in [-0.3, -0.25) is 14.5 Å². The molecule has 146 valence electrons. The van der Waals surface area contributed by atoms with Crippen LogP contribution in [0.25, 0.3) is 0 Å². The first-order valence-corrected chi connectivity index (χ1v) is 9.47. The van der Waals surface area contributed by atoms with E-state index in [1.54, 1.807) is 11.9 Å². The largest absolute Gasteiger partial charge is 0.353 e. The lowest BCUT2D eigenvalue weighted by Crippen LogP contribution is -2.43. The minimum Gasteiger partial charge on any atom is -0.353 e. The fourth-order valence-corrected chi connectivity index (χ4v) is 2.86. The molecule has 0 saturated heterocycles. The minimum atomic E-state index is -0.0727. The lowest BCUT2D eigenvalue weighted by molar-refractivity contribution is -0.125. The number of amides is 2. The van der Waals surface area contributed by atoms with E-state index in [9.17, 15) is 9.59 Å². The van der Waals surface area contributed by atoms with E-state index in [1.165, 1.54) is 5.56 Å². The van der Waals surface area contributed by atoms with Crippen molar-refractivity contribution in [3.05, 3.63) is 35.4 Å². The van der Waals surface area contributed by atoms with Crippen LogP contribution >= 0.6 is 0 Å². The molecule has 0 heterocycles. The summed E-state index contributed by atoms with van der Waals surface area (Å²) in [6.45, 7) is 12.8. The predicted molar refractivity (Wildman–Crippen MR) is 107 cm³/mol. The highest BCUT2D eigenvalue weighted by atomic mass is 16.2. The third-order valence-electron chi connectivity index (χ3n) is 4.22. The predicted octanol–water partition coefficient (Wildman–Crippen LogP) is 3.08. The van der Waals surface area contributed by atoms with Crippen molar-refractivity contribution in [1.82, 2.24) is 15.5 Å². The van der Waals surface area contributed by atoms with Gasteiger partial charge >= 0.3 is 0 Å². The molecule has 5 heteroatoms. The number of carbonyl (C=O) groups excluding carboxylic acids is 2. The minimum absolute atomic E-state index is 0.0402. The van der Waals surface area contributed by atoms with Crippen molar-refractivity contribution in [2.75, 3.05) is 20.1 Å². The second-order valence-electron chi connectivity index (χ2n) is 8.01. The number of hydrogen-bond acceptors (Lipinski definition) is 3. The van der Waals surface area contributed by atoms with Gasteiger partial charge in [0.05, 0.1) is 19.1 Å². The van der Waals surface area contributed by atoms with Crippen molar-refractivity contribution in [1.29, 1.82) is 0 Å². The smallest absolute Gasteiger partial charge is 0.234 e. The van der Waals surface area contributed by atoms with Gasteiger partial charge in [0.1, 0.15) is 0 Å². The molecule has 26 heavy (non-hydrogen) atoms. The van der Waals surface area contributed by atoms with Gasteiger partial charge in [0.15, 0.2) is 0 Å². The molecule has 1 aromatic carbocycles. The third-order valence-corrected chi connectivity index (χ3v) is 4.22. The number of nitrogens with zero attached hydrogens (tertiary/aromatic N) is 1. The molecule has 1 rings (SSSR count). The van der Waals surface area contributed by atoms with Crippen LogP contribution in [0.15, 0.2) is 24.3 Å². The fraction of sp³-hybridized carbons (Fsp3) is 0.619. The molecule has 0 saturated carbocycles. The first-order valence-electron chi connectivity index (χ1n) is 9.47. The van der Waals surface area contributed by atoms with E-state index in [2.05, 4.69) is 62.6 Å². The van der Waals surface area contributed by atoms with Crippen molar-refractivity contribution >= 4 is 11.8 Å². The Morgan fingerprint density at radius 1 is 0.846 bits per heavy atom. The van der Waals surface area contributed by atoms with Gasteiger partial charge in [-0.05, 0) is 43.9 Å². The number of likely N-dealkylation sites (N-methyl/N-ethyl adjacent to an activating group) is 1. The van der Waals surface area contributed by atoms with Crippen LogP contribution < -0.4 is 10.6 Å². The summed E-state index contributed by atoms with van der Waals surface area (Å²) in [5.41, 5.74) is 2.40. The molecule has 0 aromatic heterocycles. The Bertz CT molecular complexity index is 579. The van der Waals surface area contributed by atoms with E-state index >= 15 is 0 Å². The molecule has 1 unspecified atom stereocenters. The molecule has 0 bridgehead atoms. The zero-order chi connectivity index (χ0) is 19.9. The van der Waals surface area contributed by atoms with Gasteiger partial charge in [-0.1, -0.05) is 52.0 Å². The molecule has 0 aliphatic carbocycles. The maximum absolute atomic E-state index is 12.4. The van der Waals surface area contributed by atoms with Crippen LogP contribution in [0.2, 0.25) is 0 Å². The maximum Gasteiger partial charge on any atom is 0.234 e. The van der Waals surface area contributed by atoms with E-state index in [1.807, 2.05) is 13.8 Å². The summed E-state index contributed by atoms with van der Waals surface area (Å²) in [5.74, 6) is 0.622. The summed E-state index contributed by atoms with van der Waals surface area (Å²) in [5, 5.41) is 5.95. The van der Waals surface area contributed by atoms with E-state index in [0.29, 0.717) is 5.92 Å². The summed E-state index contributed by atoms with van der Waals surface area (Å²) in [6, 6.07) is 8.51. The lowest BCUT2D eigenvalue weighted by atomic mass is 9.93. The Labute approximate surface area is 158 Å². The highest BCUT2D eigenvalue weighted by Gasteiger charge is 2.20. The molecule has 2 N–H and O–H groups in total. The Kier molecular flexibility index (Phi) is 8.79. The van der Waals surface area contributed by atoms with E-state index in [-0.39, 0.29) is 42.9 Å². The summed E-state index contributed by atoms with van der Waals surface area (Å²) >= 11 is 0. The van der Waals surface area contributed by atoms with Crippen LogP contribution in [0.5, 0.6) is 0 Å². The van der Waals surface area contributed by atoms with Crippen LogP contribution in [-0.2, 0) is 9.59 Å². The average molecular weight is 362 g/mol. The van der Waals surface area contributed by atoms with E-state index in [0.717, 1.165) is 5.56 Å². The second-order valence-corrected chi connectivity index (χ2v) is 8.01. The highest BCUT2D eigenvalue weighted by Crippen LogP contribution is 2.24. The highest BCUT2D eigenvalue weighted by molar-refractivity contribution is 5.81. The Balaban J connectivity index is 2.66. The monoisotopic (exact) mass is 361 g/mol. The summed E-state index contributed by atoms with van der Waals surface area (Å²) in [4.78, 5) is 26.0. The molecule has 0 aliphatic rings. The van der Waals surface area contributed by atoms with Crippen LogP contribution in [0.1, 0.15) is 64.6 Å². The van der Waals surface area contributed by atoms with Crippen LogP contribution in [-0.4, -0.2) is 42.9 Å². The van der Waals surface area contributed by atoms with E-state index in [4.69, 9.17) is 0 Å². The quantitative estimate of drug-likeness (QED) is 0.710. The van der Waals surface area contributed by atoms with Gasteiger partial charge in [-0.15, -0.1) is 0 Å². The fourth-order valence-electron chi connectivity index (χ4n) is 2.86. The van der Waals surface area contributed by atoms with Gasteiger partial charge < -0.3 is 10.6 Å². The number of hydrogen-bond donors (Lipinski definition) is 2. The zero-order valence-electron chi connectivity index (χ0n) is 17.3. The molecule has 0 fully saturated rings.